The van der Waals surface area contributed by atoms with E-state index in [1.165, 1.54) is 11.3 Å². The summed E-state index contributed by atoms with van der Waals surface area (Å²) in [6.07, 6.45) is 0. The lowest BCUT2D eigenvalue weighted by molar-refractivity contribution is 0.0529. The molecule has 0 atom stereocenters. The summed E-state index contributed by atoms with van der Waals surface area (Å²) < 4.78 is 7.03. The Labute approximate surface area is 122 Å². The highest BCUT2D eigenvalue weighted by molar-refractivity contribution is 7.15. The molecule has 0 spiro atoms. The van der Waals surface area contributed by atoms with Crippen molar-refractivity contribution >= 4 is 22.3 Å². The smallest absolute Gasteiger partial charge is 0.341 e. The maximum absolute atomic E-state index is 12.1. The molecule has 0 fully saturated rings. The van der Waals surface area contributed by atoms with Crippen LogP contribution in [0.3, 0.4) is 0 Å². The van der Waals surface area contributed by atoms with Crippen LogP contribution in [0.4, 0.5) is 5.00 Å². The van der Waals surface area contributed by atoms with E-state index in [0.29, 0.717) is 17.2 Å². The first-order chi connectivity index (χ1) is 9.51. The third-order valence-corrected chi connectivity index (χ3v) is 4.06. The van der Waals surface area contributed by atoms with Gasteiger partial charge in [-0.15, -0.1) is 11.3 Å². The minimum Gasteiger partial charge on any atom is -0.462 e. The normalized spacial score (nSPS) is 10.8. The molecular weight excluding hydrogens is 274 g/mol. The first-order valence-electron chi connectivity index (χ1n) is 6.59. The predicted molar refractivity (Wildman–Crippen MR) is 81.1 cm³/mol. The van der Waals surface area contributed by atoms with Crippen LogP contribution in [0.1, 0.15) is 35.6 Å². The standard InChI is InChI=1S/C14H19N3O2S/c1-5-17-9(4)11(8(3)16-17)10-7-20-13(15)12(10)14(18)19-6-2/h7H,5-6,15H2,1-4H3. The Morgan fingerprint density at radius 1 is 1.45 bits per heavy atom. The lowest BCUT2D eigenvalue weighted by Gasteiger charge is -2.06. The summed E-state index contributed by atoms with van der Waals surface area (Å²) in [5.74, 6) is -0.371. The number of hydrogen-bond donors (Lipinski definition) is 1. The van der Waals surface area contributed by atoms with E-state index >= 15 is 0 Å². The van der Waals surface area contributed by atoms with E-state index in [1.54, 1.807) is 6.92 Å². The van der Waals surface area contributed by atoms with E-state index in [0.717, 1.165) is 29.1 Å². The second-order valence-electron chi connectivity index (χ2n) is 4.47. The third-order valence-electron chi connectivity index (χ3n) is 3.25. The fourth-order valence-corrected chi connectivity index (χ4v) is 3.16. The highest BCUT2D eigenvalue weighted by Crippen LogP contribution is 2.37. The molecule has 2 aromatic rings. The van der Waals surface area contributed by atoms with E-state index in [2.05, 4.69) is 5.10 Å². The second kappa shape index (κ2) is 5.66. The molecule has 20 heavy (non-hydrogen) atoms. The number of ether oxygens (including phenoxy) is 1. The maximum atomic E-state index is 12.1. The molecule has 0 amide bonds. The van der Waals surface area contributed by atoms with Crippen molar-refractivity contribution in [2.75, 3.05) is 12.3 Å². The molecular formula is C14H19N3O2S. The highest BCUT2D eigenvalue weighted by Gasteiger charge is 2.24. The minimum atomic E-state index is -0.371. The minimum absolute atomic E-state index is 0.333. The second-order valence-corrected chi connectivity index (χ2v) is 5.38. The van der Waals surface area contributed by atoms with Gasteiger partial charge in [0.15, 0.2) is 0 Å². The molecule has 5 nitrogen and oxygen atoms in total. The maximum Gasteiger partial charge on any atom is 0.341 e. The zero-order valence-electron chi connectivity index (χ0n) is 12.2. The van der Waals surface area contributed by atoms with Crippen molar-refractivity contribution in [1.82, 2.24) is 9.78 Å². The number of carbonyl (C=O) groups excluding carboxylic acids is 1. The molecule has 0 radical (unpaired) electrons. The van der Waals surface area contributed by atoms with Gasteiger partial charge in [-0.3, -0.25) is 4.68 Å². The van der Waals surface area contributed by atoms with Gasteiger partial charge in [0.2, 0.25) is 0 Å². The van der Waals surface area contributed by atoms with Crippen molar-refractivity contribution in [2.45, 2.75) is 34.2 Å². The van der Waals surface area contributed by atoms with Crippen LogP contribution in [-0.4, -0.2) is 22.4 Å². The van der Waals surface area contributed by atoms with Crippen LogP contribution < -0.4 is 5.73 Å². The molecule has 6 heteroatoms. The Morgan fingerprint density at radius 3 is 2.70 bits per heavy atom. The quantitative estimate of drug-likeness (QED) is 0.880. The van der Waals surface area contributed by atoms with Crippen LogP contribution in [0.5, 0.6) is 0 Å². The first kappa shape index (κ1) is 14.6. The van der Waals surface area contributed by atoms with E-state index in [9.17, 15) is 4.79 Å². The summed E-state index contributed by atoms with van der Waals surface area (Å²) >= 11 is 1.35. The third kappa shape index (κ3) is 2.31. The fraction of sp³-hybridized carbons (Fsp3) is 0.429. The van der Waals surface area contributed by atoms with Crippen molar-refractivity contribution in [2.24, 2.45) is 0 Å². The highest BCUT2D eigenvalue weighted by atomic mass is 32.1. The van der Waals surface area contributed by atoms with Gasteiger partial charge in [0.05, 0.1) is 12.3 Å². The molecule has 0 aromatic carbocycles. The van der Waals surface area contributed by atoms with Crippen molar-refractivity contribution in [1.29, 1.82) is 0 Å². The molecule has 0 unspecified atom stereocenters. The zero-order valence-corrected chi connectivity index (χ0v) is 13.0. The molecule has 108 valence electrons. The van der Waals surface area contributed by atoms with Gasteiger partial charge in [-0.25, -0.2) is 4.79 Å². The molecule has 0 saturated heterocycles. The summed E-state index contributed by atoms with van der Waals surface area (Å²) in [7, 11) is 0. The lowest BCUT2D eigenvalue weighted by atomic mass is 10.0. The van der Waals surface area contributed by atoms with Crippen LogP contribution in [0.15, 0.2) is 5.38 Å². The van der Waals surface area contributed by atoms with Crippen LogP contribution in [0.2, 0.25) is 0 Å². The molecule has 0 bridgehead atoms. The average molecular weight is 293 g/mol. The van der Waals surface area contributed by atoms with E-state index in [4.69, 9.17) is 10.5 Å². The largest absolute Gasteiger partial charge is 0.462 e. The number of nitrogen functional groups attached to an aromatic ring is 1. The van der Waals surface area contributed by atoms with Crippen molar-refractivity contribution in [3.05, 3.63) is 22.3 Å². The molecule has 0 aliphatic rings. The number of aryl methyl sites for hydroxylation is 2. The molecule has 2 aromatic heterocycles. The first-order valence-corrected chi connectivity index (χ1v) is 7.47. The van der Waals surface area contributed by atoms with Crippen molar-refractivity contribution < 1.29 is 9.53 Å². The number of hydrogen-bond acceptors (Lipinski definition) is 5. The van der Waals surface area contributed by atoms with Crippen molar-refractivity contribution in [3.8, 4) is 11.1 Å². The van der Waals surface area contributed by atoms with Crippen LogP contribution in [-0.2, 0) is 11.3 Å². The molecule has 0 aliphatic carbocycles. The average Bonchev–Trinajstić information content (AvgIpc) is 2.90. The van der Waals surface area contributed by atoms with E-state index in [-0.39, 0.29) is 5.97 Å². The number of anilines is 1. The van der Waals surface area contributed by atoms with E-state index in [1.807, 2.05) is 30.8 Å². The molecule has 2 N–H and O–H groups in total. The van der Waals surface area contributed by atoms with Crippen LogP contribution in [0.25, 0.3) is 11.1 Å². The van der Waals surface area contributed by atoms with Crippen LogP contribution in [0, 0.1) is 13.8 Å². The Morgan fingerprint density at radius 2 is 2.15 bits per heavy atom. The number of carbonyl (C=O) groups is 1. The van der Waals surface area contributed by atoms with Gasteiger partial charge in [0.25, 0.3) is 0 Å². The number of thiophene rings is 1. The topological polar surface area (TPSA) is 70.1 Å². The zero-order chi connectivity index (χ0) is 14.9. The Bertz CT molecular complexity index is 643. The fourth-order valence-electron chi connectivity index (χ4n) is 2.37. The van der Waals surface area contributed by atoms with Crippen molar-refractivity contribution in [3.63, 3.8) is 0 Å². The number of nitrogens with two attached hydrogens (primary N) is 1. The summed E-state index contributed by atoms with van der Waals surface area (Å²) in [4.78, 5) is 12.1. The number of nitrogens with zero attached hydrogens (tertiary/aromatic N) is 2. The van der Waals surface area contributed by atoms with Gasteiger partial charge in [-0.1, -0.05) is 0 Å². The van der Waals surface area contributed by atoms with E-state index < -0.39 is 0 Å². The van der Waals surface area contributed by atoms with Gasteiger partial charge in [0, 0.05) is 28.7 Å². The Hall–Kier alpha value is -1.82. The SMILES string of the molecule is CCOC(=O)c1c(-c2c(C)nn(CC)c2C)csc1N. The monoisotopic (exact) mass is 293 g/mol. The molecule has 0 saturated carbocycles. The van der Waals surface area contributed by atoms with Gasteiger partial charge in [-0.2, -0.15) is 5.10 Å². The van der Waals surface area contributed by atoms with Gasteiger partial charge in [0.1, 0.15) is 10.6 Å². The Balaban J connectivity index is 2.60. The van der Waals surface area contributed by atoms with Gasteiger partial charge >= 0.3 is 5.97 Å². The van der Waals surface area contributed by atoms with Gasteiger partial charge < -0.3 is 10.5 Å². The summed E-state index contributed by atoms with van der Waals surface area (Å²) in [5, 5.41) is 6.88. The summed E-state index contributed by atoms with van der Waals surface area (Å²) in [5.41, 5.74) is 10.1. The predicted octanol–water partition coefficient (Wildman–Crippen LogP) is 3.01. The number of esters is 1. The Kier molecular flexibility index (Phi) is 4.13. The van der Waals surface area contributed by atoms with Gasteiger partial charge in [-0.05, 0) is 27.7 Å². The summed E-state index contributed by atoms with van der Waals surface area (Å²) in [6.45, 7) is 8.89. The molecule has 2 heterocycles. The lowest BCUT2D eigenvalue weighted by Crippen LogP contribution is -2.07. The van der Waals surface area contributed by atoms with Crippen LogP contribution >= 0.6 is 11.3 Å². The number of rotatable bonds is 4. The summed E-state index contributed by atoms with van der Waals surface area (Å²) in [6, 6.07) is 0. The molecule has 2 rings (SSSR count). The molecule has 0 aliphatic heterocycles. The number of aromatic nitrogens is 2.